The summed E-state index contributed by atoms with van der Waals surface area (Å²) in [5, 5.41) is 17.7. The molecular formula is C8H9F2NO2. The highest BCUT2D eigenvalue weighted by atomic mass is 19.2. The summed E-state index contributed by atoms with van der Waals surface area (Å²) in [5.41, 5.74) is 5.30. The van der Waals surface area contributed by atoms with Crippen molar-refractivity contribution in [1.82, 2.24) is 0 Å². The van der Waals surface area contributed by atoms with E-state index < -0.39 is 30.0 Å². The van der Waals surface area contributed by atoms with Crippen LogP contribution in [0.5, 0.6) is 5.75 Å². The highest BCUT2D eigenvalue weighted by Gasteiger charge is 2.14. The molecule has 0 unspecified atom stereocenters. The lowest BCUT2D eigenvalue weighted by atomic mass is 10.1. The third-order valence-corrected chi connectivity index (χ3v) is 1.67. The number of benzene rings is 1. The molecule has 0 saturated carbocycles. The summed E-state index contributed by atoms with van der Waals surface area (Å²) in [6, 6.07) is 0.487. The summed E-state index contributed by atoms with van der Waals surface area (Å²) in [7, 11) is 0. The van der Waals surface area contributed by atoms with Crippen molar-refractivity contribution in [2.24, 2.45) is 5.73 Å². The van der Waals surface area contributed by atoms with Crippen LogP contribution < -0.4 is 5.73 Å². The highest BCUT2D eigenvalue weighted by Crippen LogP contribution is 2.25. The van der Waals surface area contributed by atoms with Gasteiger partial charge in [-0.2, -0.15) is 0 Å². The molecule has 0 radical (unpaired) electrons. The number of aromatic hydroxyl groups is 1. The number of rotatable bonds is 2. The Morgan fingerprint density at radius 3 is 2.38 bits per heavy atom. The van der Waals surface area contributed by atoms with Crippen LogP contribution >= 0.6 is 0 Å². The topological polar surface area (TPSA) is 66.5 Å². The molecule has 3 nitrogen and oxygen atoms in total. The maximum Gasteiger partial charge on any atom is 0.162 e. The first kappa shape index (κ1) is 9.88. The average Bonchev–Trinajstić information content (AvgIpc) is 2.10. The van der Waals surface area contributed by atoms with Gasteiger partial charge in [-0.15, -0.1) is 0 Å². The number of halogens is 2. The standard InChI is InChI=1S/C8H9F2NO2/c9-5-1-4(7(11)3-12)8(13)2-6(5)10/h1-2,7,12-13H,3,11H2/t7-/m1/s1. The fourth-order valence-electron chi connectivity index (χ4n) is 0.947. The second kappa shape index (κ2) is 3.68. The van der Waals surface area contributed by atoms with Gasteiger partial charge in [0.25, 0.3) is 0 Å². The van der Waals surface area contributed by atoms with Crippen LogP contribution in [0.3, 0.4) is 0 Å². The molecule has 0 aliphatic carbocycles. The van der Waals surface area contributed by atoms with E-state index in [-0.39, 0.29) is 5.56 Å². The fraction of sp³-hybridized carbons (Fsp3) is 0.250. The second-order valence-corrected chi connectivity index (χ2v) is 2.61. The van der Waals surface area contributed by atoms with Crippen molar-refractivity contribution in [3.05, 3.63) is 29.3 Å². The quantitative estimate of drug-likeness (QED) is 0.640. The summed E-state index contributed by atoms with van der Waals surface area (Å²) in [6.07, 6.45) is 0. The fourth-order valence-corrected chi connectivity index (χ4v) is 0.947. The van der Waals surface area contributed by atoms with Gasteiger partial charge in [-0.3, -0.25) is 0 Å². The Balaban J connectivity index is 3.15. The SMILES string of the molecule is N[C@H](CO)c1cc(F)c(F)cc1O. The van der Waals surface area contributed by atoms with Crippen LogP contribution in [0, 0.1) is 11.6 Å². The van der Waals surface area contributed by atoms with Crippen LogP contribution in [0.4, 0.5) is 8.78 Å². The van der Waals surface area contributed by atoms with E-state index in [0.717, 1.165) is 6.07 Å². The monoisotopic (exact) mass is 189 g/mol. The van der Waals surface area contributed by atoms with E-state index in [1.807, 2.05) is 0 Å². The number of phenolic OH excluding ortho intramolecular Hbond substituents is 1. The molecule has 0 heterocycles. The summed E-state index contributed by atoms with van der Waals surface area (Å²) in [5.74, 6) is -2.71. The molecule has 0 aliphatic rings. The van der Waals surface area contributed by atoms with Gasteiger partial charge in [-0.1, -0.05) is 0 Å². The smallest absolute Gasteiger partial charge is 0.162 e. The van der Waals surface area contributed by atoms with Crippen molar-refractivity contribution >= 4 is 0 Å². The third kappa shape index (κ3) is 1.93. The third-order valence-electron chi connectivity index (χ3n) is 1.67. The lowest BCUT2D eigenvalue weighted by Gasteiger charge is -2.10. The van der Waals surface area contributed by atoms with Gasteiger partial charge in [-0.05, 0) is 6.07 Å². The molecule has 1 aromatic rings. The van der Waals surface area contributed by atoms with Crippen molar-refractivity contribution in [3.63, 3.8) is 0 Å². The highest BCUT2D eigenvalue weighted by molar-refractivity contribution is 5.35. The largest absolute Gasteiger partial charge is 0.507 e. The van der Waals surface area contributed by atoms with Crippen LogP contribution in [-0.2, 0) is 0 Å². The van der Waals surface area contributed by atoms with Crippen LogP contribution in [0.2, 0.25) is 0 Å². The van der Waals surface area contributed by atoms with E-state index in [1.165, 1.54) is 0 Å². The van der Waals surface area contributed by atoms with E-state index in [9.17, 15) is 8.78 Å². The predicted molar refractivity (Wildman–Crippen MR) is 42.0 cm³/mol. The average molecular weight is 189 g/mol. The minimum Gasteiger partial charge on any atom is -0.507 e. The van der Waals surface area contributed by atoms with Crippen molar-refractivity contribution in [3.8, 4) is 5.75 Å². The summed E-state index contributed by atoms with van der Waals surface area (Å²) >= 11 is 0. The van der Waals surface area contributed by atoms with Crippen LogP contribution in [0.25, 0.3) is 0 Å². The van der Waals surface area contributed by atoms with Crippen LogP contribution in [0.15, 0.2) is 12.1 Å². The number of hydrogen-bond donors (Lipinski definition) is 3. The molecule has 0 fully saturated rings. The normalized spacial score (nSPS) is 12.9. The van der Waals surface area contributed by atoms with Gasteiger partial charge in [0.2, 0.25) is 0 Å². The van der Waals surface area contributed by atoms with E-state index in [1.54, 1.807) is 0 Å². The van der Waals surface area contributed by atoms with E-state index in [4.69, 9.17) is 15.9 Å². The number of phenols is 1. The Bertz CT molecular complexity index is 317. The number of aliphatic hydroxyl groups excluding tert-OH is 1. The second-order valence-electron chi connectivity index (χ2n) is 2.61. The van der Waals surface area contributed by atoms with Gasteiger partial charge < -0.3 is 15.9 Å². The predicted octanol–water partition coefficient (Wildman–Crippen LogP) is 0.662. The molecule has 0 aliphatic heterocycles. The maximum absolute atomic E-state index is 12.6. The van der Waals surface area contributed by atoms with Crippen molar-refractivity contribution < 1.29 is 19.0 Å². The van der Waals surface area contributed by atoms with Gasteiger partial charge >= 0.3 is 0 Å². The van der Waals surface area contributed by atoms with Crippen LogP contribution in [0.1, 0.15) is 11.6 Å². The van der Waals surface area contributed by atoms with Gasteiger partial charge in [0.05, 0.1) is 12.6 Å². The minimum atomic E-state index is -1.15. The van der Waals surface area contributed by atoms with Gasteiger partial charge in [0.1, 0.15) is 5.75 Å². The molecule has 0 amide bonds. The summed E-state index contributed by atoms with van der Waals surface area (Å²) in [6.45, 7) is -0.446. The number of aliphatic hydroxyl groups is 1. The molecule has 0 aromatic heterocycles. The van der Waals surface area contributed by atoms with E-state index in [0.29, 0.717) is 6.07 Å². The van der Waals surface area contributed by atoms with Crippen molar-refractivity contribution in [1.29, 1.82) is 0 Å². The molecule has 72 valence electrons. The zero-order valence-corrected chi connectivity index (χ0v) is 6.67. The van der Waals surface area contributed by atoms with Gasteiger partial charge in [0.15, 0.2) is 11.6 Å². The molecule has 13 heavy (non-hydrogen) atoms. The Morgan fingerprint density at radius 2 is 1.85 bits per heavy atom. The Morgan fingerprint density at radius 1 is 1.31 bits per heavy atom. The molecule has 0 saturated heterocycles. The summed E-state index contributed by atoms with van der Waals surface area (Å²) < 4.78 is 25.1. The maximum atomic E-state index is 12.6. The van der Waals surface area contributed by atoms with E-state index in [2.05, 4.69) is 0 Å². The lowest BCUT2D eigenvalue weighted by Crippen LogP contribution is -2.15. The summed E-state index contributed by atoms with van der Waals surface area (Å²) in [4.78, 5) is 0. The van der Waals surface area contributed by atoms with E-state index >= 15 is 0 Å². The number of nitrogens with two attached hydrogens (primary N) is 1. The Hall–Kier alpha value is -1.20. The van der Waals surface area contributed by atoms with Crippen molar-refractivity contribution in [2.45, 2.75) is 6.04 Å². The first-order valence-electron chi connectivity index (χ1n) is 3.60. The molecule has 1 aromatic carbocycles. The Kier molecular flexibility index (Phi) is 2.79. The molecule has 1 atom stereocenters. The molecule has 0 bridgehead atoms. The minimum absolute atomic E-state index is 0.0126. The molecule has 5 heteroatoms. The van der Waals surface area contributed by atoms with Crippen LogP contribution in [-0.4, -0.2) is 16.8 Å². The van der Waals surface area contributed by atoms with Gasteiger partial charge in [-0.25, -0.2) is 8.78 Å². The first-order valence-corrected chi connectivity index (χ1v) is 3.60. The van der Waals surface area contributed by atoms with Gasteiger partial charge in [0, 0.05) is 11.6 Å². The molecule has 0 spiro atoms. The molecular weight excluding hydrogens is 180 g/mol. The zero-order chi connectivity index (χ0) is 10.0. The molecule has 4 N–H and O–H groups in total. The first-order chi connectivity index (χ1) is 6.06. The Labute approximate surface area is 73.4 Å². The van der Waals surface area contributed by atoms with Crippen molar-refractivity contribution in [2.75, 3.05) is 6.61 Å². The molecule has 1 rings (SSSR count). The lowest BCUT2D eigenvalue weighted by molar-refractivity contribution is 0.264. The zero-order valence-electron chi connectivity index (χ0n) is 6.67. The number of hydrogen-bond acceptors (Lipinski definition) is 3.